The van der Waals surface area contributed by atoms with E-state index < -0.39 is 27.6 Å². The number of benzene rings is 2. The van der Waals surface area contributed by atoms with E-state index in [0.717, 1.165) is 23.5 Å². The normalized spacial score (nSPS) is 17.3. The van der Waals surface area contributed by atoms with Crippen LogP contribution in [0, 0.1) is 11.6 Å². The first-order valence-corrected chi connectivity index (χ1v) is 12.2. The molecule has 1 amide bonds. The summed E-state index contributed by atoms with van der Waals surface area (Å²) in [7, 11) is -4.00. The van der Waals surface area contributed by atoms with Crippen LogP contribution in [0.1, 0.15) is 33.6 Å². The standard InChI is InChI=1S/C20H17ClF2N4O3S2/c21-13-3-5-14(6-4-13)24-18(28)20-26-25-19(31-20)12-2-1-9-27(11-12)32(29,30)15-7-8-16(22)17(23)10-15/h3-8,10,12H,1-2,9,11H2,(H,24,28)/t12-/m0/s1. The number of sulfonamides is 1. The third-order valence-electron chi connectivity index (χ3n) is 5.00. The van der Waals surface area contributed by atoms with Crippen LogP contribution in [0.4, 0.5) is 14.5 Å². The lowest BCUT2D eigenvalue weighted by molar-refractivity contribution is 0.102. The number of carbonyl (C=O) groups is 1. The Morgan fingerprint density at radius 1 is 1.12 bits per heavy atom. The van der Waals surface area contributed by atoms with Gasteiger partial charge in [-0.1, -0.05) is 22.9 Å². The summed E-state index contributed by atoms with van der Waals surface area (Å²) >= 11 is 6.93. The number of nitrogens with zero attached hydrogens (tertiary/aromatic N) is 3. The van der Waals surface area contributed by atoms with Crippen LogP contribution in [0.3, 0.4) is 0 Å². The predicted octanol–water partition coefficient (Wildman–Crippen LogP) is 4.29. The average molecular weight is 499 g/mol. The molecular formula is C20H17ClF2N4O3S2. The van der Waals surface area contributed by atoms with Gasteiger partial charge in [0.1, 0.15) is 5.01 Å². The fourth-order valence-electron chi connectivity index (χ4n) is 3.36. The lowest BCUT2D eigenvalue weighted by Gasteiger charge is -2.30. The summed E-state index contributed by atoms with van der Waals surface area (Å²) in [5, 5.41) is 12.0. The molecule has 0 aliphatic carbocycles. The highest BCUT2D eigenvalue weighted by Gasteiger charge is 2.33. The van der Waals surface area contributed by atoms with E-state index in [9.17, 15) is 22.0 Å². The van der Waals surface area contributed by atoms with Gasteiger partial charge in [0, 0.05) is 29.7 Å². The van der Waals surface area contributed by atoms with E-state index in [0.29, 0.717) is 34.6 Å². The minimum Gasteiger partial charge on any atom is -0.320 e. The topological polar surface area (TPSA) is 92.3 Å². The minimum absolute atomic E-state index is 0.106. The van der Waals surface area contributed by atoms with Gasteiger partial charge in [0.25, 0.3) is 5.91 Å². The van der Waals surface area contributed by atoms with Crippen LogP contribution < -0.4 is 5.32 Å². The van der Waals surface area contributed by atoms with Crippen molar-refractivity contribution in [1.29, 1.82) is 0 Å². The number of aromatic nitrogens is 2. The third-order valence-corrected chi connectivity index (χ3v) is 8.20. The SMILES string of the molecule is O=C(Nc1ccc(Cl)cc1)c1nnc([C@H]2CCCN(S(=O)(=O)c3ccc(F)c(F)c3)C2)s1. The minimum atomic E-state index is -4.00. The Kier molecular flexibility index (Phi) is 6.52. The van der Waals surface area contributed by atoms with Crippen molar-refractivity contribution in [3.05, 3.63) is 69.1 Å². The number of piperidine rings is 1. The molecule has 1 aliphatic heterocycles. The van der Waals surface area contributed by atoms with Crippen molar-refractivity contribution in [3.63, 3.8) is 0 Å². The number of halogens is 3. The highest BCUT2D eigenvalue weighted by Crippen LogP contribution is 2.32. The van der Waals surface area contributed by atoms with Crippen LogP contribution in [0.15, 0.2) is 47.4 Å². The maximum Gasteiger partial charge on any atom is 0.286 e. The summed E-state index contributed by atoms with van der Waals surface area (Å²) < 4.78 is 53.8. The lowest BCUT2D eigenvalue weighted by Crippen LogP contribution is -2.39. The van der Waals surface area contributed by atoms with Crippen LogP contribution in [-0.4, -0.2) is 41.9 Å². The third kappa shape index (κ3) is 4.80. The van der Waals surface area contributed by atoms with Gasteiger partial charge in [-0.2, -0.15) is 4.31 Å². The Morgan fingerprint density at radius 2 is 1.88 bits per heavy atom. The van der Waals surface area contributed by atoms with Crippen LogP contribution in [0.25, 0.3) is 0 Å². The van der Waals surface area contributed by atoms with Gasteiger partial charge in [-0.15, -0.1) is 10.2 Å². The van der Waals surface area contributed by atoms with E-state index in [1.54, 1.807) is 24.3 Å². The molecule has 0 radical (unpaired) electrons. The first kappa shape index (κ1) is 22.7. The van der Waals surface area contributed by atoms with Crippen molar-refractivity contribution in [3.8, 4) is 0 Å². The molecule has 0 saturated carbocycles. The summed E-state index contributed by atoms with van der Waals surface area (Å²) in [6.07, 6.45) is 1.22. The predicted molar refractivity (Wildman–Crippen MR) is 116 cm³/mol. The van der Waals surface area contributed by atoms with Crippen LogP contribution in [0.2, 0.25) is 5.02 Å². The van der Waals surface area contributed by atoms with Crippen molar-refractivity contribution in [2.45, 2.75) is 23.7 Å². The summed E-state index contributed by atoms with van der Waals surface area (Å²) in [6.45, 7) is 0.356. The summed E-state index contributed by atoms with van der Waals surface area (Å²) in [4.78, 5) is 12.1. The molecule has 0 bridgehead atoms. The number of rotatable bonds is 5. The van der Waals surface area contributed by atoms with E-state index in [2.05, 4.69) is 15.5 Å². The smallest absolute Gasteiger partial charge is 0.286 e. The highest BCUT2D eigenvalue weighted by atomic mass is 35.5. The van der Waals surface area contributed by atoms with Gasteiger partial charge in [0.05, 0.1) is 4.90 Å². The number of nitrogens with one attached hydrogen (secondary N) is 1. The maximum absolute atomic E-state index is 13.6. The molecular weight excluding hydrogens is 482 g/mol. The Bertz CT molecular complexity index is 1250. The highest BCUT2D eigenvalue weighted by molar-refractivity contribution is 7.89. The largest absolute Gasteiger partial charge is 0.320 e. The molecule has 2 aromatic carbocycles. The van der Waals surface area contributed by atoms with Gasteiger partial charge < -0.3 is 5.32 Å². The quantitative estimate of drug-likeness (QED) is 0.566. The molecule has 1 aliphatic rings. The zero-order chi connectivity index (χ0) is 22.9. The molecule has 2 heterocycles. The molecule has 4 rings (SSSR count). The monoisotopic (exact) mass is 498 g/mol. The van der Waals surface area contributed by atoms with Crippen molar-refractivity contribution in [2.24, 2.45) is 0 Å². The van der Waals surface area contributed by atoms with E-state index >= 15 is 0 Å². The Labute approximate surface area is 192 Å². The molecule has 0 spiro atoms. The van der Waals surface area contributed by atoms with E-state index in [4.69, 9.17) is 11.6 Å². The van der Waals surface area contributed by atoms with Crippen LogP contribution in [0.5, 0.6) is 0 Å². The molecule has 1 N–H and O–H groups in total. The van der Waals surface area contributed by atoms with Gasteiger partial charge in [-0.25, -0.2) is 17.2 Å². The molecule has 3 aromatic rings. The first-order valence-electron chi connectivity index (χ1n) is 9.59. The van der Waals surface area contributed by atoms with Gasteiger partial charge in [-0.05, 0) is 55.3 Å². The van der Waals surface area contributed by atoms with Crippen LogP contribution >= 0.6 is 22.9 Å². The van der Waals surface area contributed by atoms with Gasteiger partial charge in [0.2, 0.25) is 15.0 Å². The van der Waals surface area contributed by atoms with Gasteiger partial charge in [0.15, 0.2) is 11.6 Å². The zero-order valence-electron chi connectivity index (χ0n) is 16.5. The molecule has 32 heavy (non-hydrogen) atoms. The molecule has 1 saturated heterocycles. The Hall–Kier alpha value is -2.47. The second-order valence-electron chi connectivity index (χ2n) is 7.18. The maximum atomic E-state index is 13.6. The number of anilines is 1. The summed E-state index contributed by atoms with van der Waals surface area (Å²) in [5.74, 6) is -3.03. The fraction of sp³-hybridized carbons (Fsp3) is 0.250. The molecule has 12 heteroatoms. The first-order chi connectivity index (χ1) is 15.2. The second kappa shape index (κ2) is 9.18. The van der Waals surface area contributed by atoms with Gasteiger partial charge in [-0.3, -0.25) is 4.79 Å². The van der Waals surface area contributed by atoms with Crippen molar-refractivity contribution >= 4 is 44.6 Å². The molecule has 0 unspecified atom stereocenters. The summed E-state index contributed by atoms with van der Waals surface area (Å²) in [6, 6.07) is 9.12. The molecule has 1 aromatic heterocycles. The van der Waals surface area contributed by atoms with Crippen molar-refractivity contribution in [1.82, 2.24) is 14.5 Å². The van der Waals surface area contributed by atoms with Crippen molar-refractivity contribution < 1.29 is 22.0 Å². The Balaban J connectivity index is 1.48. The molecule has 1 atom stereocenters. The van der Waals surface area contributed by atoms with Crippen molar-refractivity contribution in [2.75, 3.05) is 18.4 Å². The van der Waals surface area contributed by atoms with E-state index in [-0.39, 0.29) is 28.9 Å². The van der Waals surface area contributed by atoms with Crippen LogP contribution in [-0.2, 0) is 10.0 Å². The molecule has 7 nitrogen and oxygen atoms in total. The fourth-order valence-corrected chi connectivity index (χ4v) is 5.88. The number of carbonyl (C=O) groups excluding carboxylic acids is 1. The average Bonchev–Trinajstić information content (AvgIpc) is 3.28. The number of amides is 1. The zero-order valence-corrected chi connectivity index (χ0v) is 18.9. The van der Waals surface area contributed by atoms with E-state index in [1.165, 1.54) is 4.31 Å². The Morgan fingerprint density at radius 3 is 2.59 bits per heavy atom. The lowest BCUT2D eigenvalue weighted by atomic mass is 10.0. The van der Waals surface area contributed by atoms with E-state index in [1.807, 2.05) is 0 Å². The second-order valence-corrected chi connectivity index (χ2v) is 10.6. The van der Waals surface area contributed by atoms with Gasteiger partial charge >= 0.3 is 0 Å². The molecule has 168 valence electrons. The molecule has 1 fully saturated rings. The number of hydrogen-bond acceptors (Lipinski definition) is 6. The number of hydrogen-bond donors (Lipinski definition) is 1. The summed E-state index contributed by atoms with van der Waals surface area (Å²) in [5.41, 5.74) is 0.553.